The van der Waals surface area contributed by atoms with Gasteiger partial charge in [0.15, 0.2) is 0 Å². The fourth-order valence-corrected chi connectivity index (χ4v) is 3.97. The molecule has 1 aliphatic rings. The van der Waals surface area contributed by atoms with Gasteiger partial charge >= 0.3 is 6.18 Å². The van der Waals surface area contributed by atoms with Gasteiger partial charge in [-0.1, -0.05) is 29.5 Å². The van der Waals surface area contributed by atoms with Gasteiger partial charge in [0, 0.05) is 44.5 Å². The van der Waals surface area contributed by atoms with E-state index in [4.69, 9.17) is 0 Å². The largest absolute Gasteiger partial charge is 0.445 e. The predicted octanol–water partition coefficient (Wildman–Crippen LogP) is 3.37. The molecule has 0 amide bonds. The van der Waals surface area contributed by atoms with Crippen LogP contribution < -0.4 is 4.90 Å². The Kier molecular flexibility index (Phi) is 5.07. The molecule has 1 fully saturated rings. The lowest BCUT2D eigenvalue weighted by Gasteiger charge is -2.34. The molecule has 4 rings (SSSR count). The molecule has 0 atom stereocenters. The molecule has 0 spiro atoms. The molecule has 1 aliphatic heterocycles. The zero-order valence-electron chi connectivity index (χ0n) is 15.2. The predicted molar refractivity (Wildman–Crippen MR) is 101 cm³/mol. The van der Waals surface area contributed by atoms with Crippen molar-refractivity contribution in [2.24, 2.45) is 0 Å². The highest BCUT2D eigenvalue weighted by Gasteiger charge is 2.36. The molecule has 3 heterocycles. The first-order chi connectivity index (χ1) is 13.4. The normalized spacial score (nSPS) is 15.9. The maximum atomic E-state index is 12.7. The van der Waals surface area contributed by atoms with Crippen LogP contribution in [0.1, 0.15) is 16.1 Å². The van der Waals surface area contributed by atoms with E-state index in [1.165, 1.54) is 0 Å². The molecule has 0 aliphatic carbocycles. The van der Waals surface area contributed by atoms with Crippen molar-refractivity contribution in [2.45, 2.75) is 19.6 Å². The highest BCUT2D eigenvalue weighted by atomic mass is 32.1. The highest BCUT2D eigenvalue weighted by Crippen LogP contribution is 2.34. The van der Waals surface area contributed by atoms with Crippen LogP contribution >= 0.6 is 11.3 Å². The van der Waals surface area contributed by atoms with Gasteiger partial charge in [-0.05, 0) is 18.6 Å². The van der Waals surface area contributed by atoms with Crippen molar-refractivity contribution >= 4 is 16.5 Å². The average Bonchev–Trinajstić information content (AvgIpc) is 3.32. The molecular weight excluding hydrogens is 389 g/mol. The van der Waals surface area contributed by atoms with Crippen molar-refractivity contribution < 1.29 is 13.2 Å². The van der Waals surface area contributed by atoms with E-state index in [0.29, 0.717) is 29.6 Å². The molecule has 0 N–H and O–H groups in total. The lowest BCUT2D eigenvalue weighted by Crippen LogP contribution is -2.45. The third-order valence-corrected chi connectivity index (χ3v) is 5.73. The number of para-hydroxylation sites is 1. The van der Waals surface area contributed by atoms with Crippen LogP contribution in [0, 0.1) is 6.92 Å². The fourth-order valence-electron chi connectivity index (χ4n) is 3.21. The first kappa shape index (κ1) is 18.9. The summed E-state index contributed by atoms with van der Waals surface area (Å²) in [4.78, 5) is 4.13. The number of hydrogen-bond acceptors (Lipinski definition) is 6. The second-order valence-corrected chi connectivity index (χ2v) is 7.69. The Bertz CT molecular complexity index is 943. The van der Waals surface area contributed by atoms with E-state index in [1.54, 1.807) is 0 Å². The lowest BCUT2D eigenvalue weighted by atomic mass is 10.2. The number of aromatic nitrogens is 4. The summed E-state index contributed by atoms with van der Waals surface area (Å²) in [5.74, 6) is 0. The van der Waals surface area contributed by atoms with Gasteiger partial charge in [0.1, 0.15) is 0 Å². The van der Waals surface area contributed by atoms with Crippen molar-refractivity contribution in [3.05, 3.63) is 52.8 Å². The zero-order chi connectivity index (χ0) is 19.7. The SMILES string of the molecule is Cc1ccccc1-n1cc(CN2CCN(c3nnc(C(F)(F)F)s3)CC2)cn1. The molecule has 28 heavy (non-hydrogen) atoms. The summed E-state index contributed by atoms with van der Waals surface area (Å²) in [7, 11) is 0. The van der Waals surface area contributed by atoms with Crippen LogP contribution in [-0.2, 0) is 12.7 Å². The van der Waals surface area contributed by atoms with Crippen molar-refractivity contribution in [1.29, 1.82) is 0 Å². The van der Waals surface area contributed by atoms with Gasteiger partial charge < -0.3 is 4.90 Å². The molecule has 0 radical (unpaired) electrons. The Labute approximate surface area is 164 Å². The number of halogens is 3. The molecule has 10 heteroatoms. The van der Waals surface area contributed by atoms with Crippen LogP contribution in [-0.4, -0.2) is 51.1 Å². The second-order valence-electron chi connectivity index (χ2n) is 6.73. The van der Waals surface area contributed by atoms with Crippen molar-refractivity contribution in [2.75, 3.05) is 31.1 Å². The van der Waals surface area contributed by atoms with E-state index < -0.39 is 11.2 Å². The standard InChI is InChI=1S/C18H19F3N6S/c1-13-4-2-3-5-15(13)27-12-14(10-22-27)11-25-6-8-26(9-7-25)17-24-23-16(28-17)18(19,20)21/h2-5,10,12H,6-9,11H2,1H3. The maximum absolute atomic E-state index is 12.7. The van der Waals surface area contributed by atoms with Crippen molar-refractivity contribution in [3.8, 4) is 5.69 Å². The Hall–Kier alpha value is -2.46. The van der Waals surface area contributed by atoms with Gasteiger partial charge in [-0.2, -0.15) is 18.3 Å². The minimum Gasteiger partial charge on any atom is -0.344 e. The quantitative estimate of drug-likeness (QED) is 0.663. The summed E-state index contributed by atoms with van der Waals surface area (Å²) in [6.07, 6.45) is -0.552. The highest BCUT2D eigenvalue weighted by molar-refractivity contribution is 7.15. The van der Waals surface area contributed by atoms with E-state index in [1.807, 2.05) is 53.2 Å². The molecule has 1 saturated heterocycles. The summed E-state index contributed by atoms with van der Waals surface area (Å²) in [6, 6.07) is 8.06. The minimum atomic E-state index is -4.44. The first-order valence-corrected chi connectivity index (χ1v) is 9.69. The number of anilines is 1. The molecule has 0 bridgehead atoms. The Morgan fingerprint density at radius 2 is 1.82 bits per heavy atom. The van der Waals surface area contributed by atoms with Gasteiger partial charge in [0.25, 0.3) is 0 Å². The van der Waals surface area contributed by atoms with Crippen molar-refractivity contribution in [3.63, 3.8) is 0 Å². The topological polar surface area (TPSA) is 50.1 Å². The molecular formula is C18H19F3N6S. The van der Waals surface area contributed by atoms with E-state index in [9.17, 15) is 13.2 Å². The summed E-state index contributed by atoms with van der Waals surface area (Å²) in [6.45, 7) is 5.54. The van der Waals surface area contributed by atoms with E-state index in [0.717, 1.165) is 36.4 Å². The number of alkyl halides is 3. The molecule has 148 valence electrons. The van der Waals surface area contributed by atoms with Crippen LogP contribution in [0.2, 0.25) is 0 Å². The Balaban J connectivity index is 1.35. The summed E-state index contributed by atoms with van der Waals surface area (Å²) < 4.78 is 40.0. The number of nitrogens with zero attached hydrogens (tertiary/aromatic N) is 6. The number of aryl methyl sites for hydroxylation is 1. The minimum absolute atomic E-state index is 0.333. The number of rotatable bonds is 4. The summed E-state index contributed by atoms with van der Waals surface area (Å²) >= 11 is 0.601. The monoisotopic (exact) mass is 408 g/mol. The first-order valence-electron chi connectivity index (χ1n) is 8.88. The maximum Gasteiger partial charge on any atom is 0.445 e. The van der Waals surface area contributed by atoms with Gasteiger partial charge in [-0.25, -0.2) is 4.68 Å². The third kappa shape index (κ3) is 4.02. The van der Waals surface area contributed by atoms with E-state index >= 15 is 0 Å². The Morgan fingerprint density at radius 3 is 2.50 bits per heavy atom. The molecule has 1 aromatic carbocycles. The Morgan fingerprint density at radius 1 is 1.07 bits per heavy atom. The van der Waals surface area contributed by atoms with Gasteiger partial charge in [0.2, 0.25) is 10.1 Å². The fraction of sp³-hybridized carbons (Fsp3) is 0.389. The average molecular weight is 408 g/mol. The molecule has 2 aromatic heterocycles. The third-order valence-electron chi connectivity index (χ3n) is 4.70. The molecule has 0 saturated carbocycles. The van der Waals surface area contributed by atoms with Crippen LogP contribution in [0.25, 0.3) is 5.69 Å². The van der Waals surface area contributed by atoms with Gasteiger partial charge in [0.05, 0.1) is 11.9 Å². The number of benzene rings is 1. The molecule has 6 nitrogen and oxygen atoms in total. The lowest BCUT2D eigenvalue weighted by molar-refractivity contribution is -0.138. The van der Waals surface area contributed by atoms with Gasteiger partial charge in [-0.3, -0.25) is 4.90 Å². The number of hydrogen-bond donors (Lipinski definition) is 0. The van der Waals surface area contributed by atoms with Crippen LogP contribution in [0.5, 0.6) is 0 Å². The van der Waals surface area contributed by atoms with Crippen LogP contribution in [0.3, 0.4) is 0 Å². The van der Waals surface area contributed by atoms with Crippen LogP contribution in [0.15, 0.2) is 36.7 Å². The zero-order valence-corrected chi connectivity index (χ0v) is 16.0. The van der Waals surface area contributed by atoms with E-state index in [2.05, 4.69) is 20.2 Å². The summed E-state index contributed by atoms with van der Waals surface area (Å²) in [5.41, 5.74) is 3.31. The van der Waals surface area contributed by atoms with E-state index in [-0.39, 0.29) is 0 Å². The smallest absolute Gasteiger partial charge is 0.344 e. The second kappa shape index (κ2) is 7.51. The molecule has 3 aromatic rings. The summed E-state index contributed by atoms with van der Waals surface area (Å²) in [5, 5.41) is 10.9. The van der Waals surface area contributed by atoms with Gasteiger partial charge in [-0.15, -0.1) is 10.2 Å². The number of piperazine rings is 1. The van der Waals surface area contributed by atoms with Crippen LogP contribution in [0.4, 0.5) is 18.3 Å². The van der Waals surface area contributed by atoms with Crippen molar-refractivity contribution in [1.82, 2.24) is 24.9 Å². The molecule has 0 unspecified atom stereocenters.